The van der Waals surface area contributed by atoms with E-state index in [1.165, 1.54) is 4.90 Å². The van der Waals surface area contributed by atoms with E-state index in [-0.39, 0.29) is 24.9 Å². The summed E-state index contributed by atoms with van der Waals surface area (Å²) in [6, 6.07) is 19.9. The highest BCUT2D eigenvalue weighted by Crippen LogP contribution is 2.29. The van der Waals surface area contributed by atoms with Gasteiger partial charge in [-0.05, 0) is 64.7 Å². The van der Waals surface area contributed by atoms with Crippen LogP contribution in [0.25, 0.3) is 0 Å². The minimum Gasteiger partial charge on any atom is -0.352 e. The molecule has 0 saturated heterocycles. The topological polar surface area (TPSA) is 86.8 Å². The maximum Gasteiger partial charge on any atom is 0.244 e. The summed E-state index contributed by atoms with van der Waals surface area (Å²) < 4.78 is 27.3. The SMILES string of the molecule is CC[C@@H](C)NC(=O)[C@H](Cc1ccccc1)N(Cc1ccc(Cl)cc1Cl)C(=O)CN(c1ccccc1Br)S(C)(=O)=O. The Balaban J connectivity index is 2.10. The molecule has 0 fully saturated rings. The molecular formula is C29H32BrCl2N3O4S. The zero-order chi connectivity index (χ0) is 29.4. The predicted molar refractivity (Wildman–Crippen MR) is 165 cm³/mol. The van der Waals surface area contributed by atoms with E-state index in [0.29, 0.717) is 32.2 Å². The van der Waals surface area contributed by atoms with Crippen LogP contribution in [0.15, 0.2) is 77.3 Å². The highest BCUT2D eigenvalue weighted by atomic mass is 79.9. The van der Waals surface area contributed by atoms with Crippen LogP contribution in [0.5, 0.6) is 0 Å². The van der Waals surface area contributed by atoms with Gasteiger partial charge in [-0.3, -0.25) is 13.9 Å². The molecule has 11 heteroatoms. The van der Waals surface area contributed by atoms with Crippen LogP contribution in [0.3, 0.4) is 0 Å². The van der Waals surface area contributed by atoms with Crippen LogP contribution in [0, 0.1) is 0 Å². The predicted octanol–water partition coefficient (Wildman–Crippen LogP) is 6.08. The van der Waals surface area contributed by atoms with Crippen molar-refractivity contribution in [3.8, 4) is 0 Å². The van der Waals surface area contributed by atoms with Crippen molar-refractivity contribution in [3.63, 3.8) is 0 Å². The van der Waals surface area contributed by atoms with Crippen molar-refractivity contribution in [2.24, 2.45) is 0 Å². The van der Waals surface area contributed by atoms with Gasteiger partial charge in [-0.25, -0.2) is 8.42 Å². The third-order valence-electron chi connectivity index (χ3n) is 6.43. The van der Waals surface area contributed by atoms with Crippen molar-refractivity contribution < 1.29 is 18.0 Å². The lowest BCUT2D eigenvalue weighted by atomic mass is 10.0. The molecule has 0 aliphatic carbocycles. The number of nitrogens with one attached hydrogen (secondary N) is 1. The van der Waals surface area contributed by atoms with E-state index in [1.807, 2.05) is 44.2 Å². The summed E-state index contributed by atoms with van der Waals surface area (Å²) in [4.78, 5) is 29.2. The molecule has 2 atom stereocenters. The van der Waals surface area contributed by atoms with E-state index in [4.69, 9.17) is 23.2 Å². The van der Waals surface area contributed by atoms with Crippen LogP contribution in [-0.2, 0) is 32.6 Å². The molecule has 0 saturated carbocycles. The Hall–Kier alpha value is -2.59. The summed E-state index contributed by atoms with van der Waals surface area (Å²) >= 11 is 16.0. The largest absolute Gasteiger partial charge is 0.352 e. The first-order chi connectivity index (χ1) is 18.9. The Morgan fingerprint density at radius 1 is 1.00 bits per heavy atom. The average molecular weight is 669 g/mol. The van der Waals surface area contributed by atoms with Crippen molar-refractivity contribution in [2.45, 2.75) is 45.3 Å². The number of nitrogens with zero attached hydrogens (tertiary/aromatic N) is 2. The van der Waals surface area contributed by atoms with E-state index < -0.39 is 28.5 Å². The molecule has 0 heterocycles. The fourth-order valence-corrected chi connectivity index (χ4v) is 6.02. The van der Waals surface area contributed by atoms with Gasteiger partial charge in [0, 0.05) is 33.5 Å². The number of hydrogen-bond acceptors (Lipinski definition) is 4. The van der Waals surface area contributed by atoms with Gasteiger partial charge in [0.25, 0.3) is 0 Å². The number of rotatable bonds is 12. The second kappa shape index (κ2) is 14.3. The average Bonchev–Trinajstić information content (AvgIpc) is 2.90. The number of para-hydroxylation sites is 1. The standard InChI is InChI=1S/C29H32BrCl2N3O4S/c1-4-20(2)33-29(37)27(16-21-10-6-5-7-11-21)34(18-22-14-15-23(31)17-25(22)32)28(36)19-35(40(3,38)39)26-13-9-8-12-24(26)30/h5-15,17,20,27H,4,16,18-19H2,1-3H3,(H,33,37)/t20-,27+/m1/s1. The molecule has 2 amide bonds. The molecule has 3 aromatic carbocycles. The lowest BCUT2D eigenvalue weighted by Crippen LogP contribution is -2.54. The van der Waals surface area contributed by atoms with Crippen LogP contribution in [0.4, 0.5) is 5.69 Å². The van der Waals surface area contributed by atoms with E-state index in [9.17, 15) is 18.0 Å². The molecule has 3 aromatic rings. The quantitative estimate of drug-likeness (QED) is 0.254. The molecule has 40 heavy (non-hydrogen) atoms. The third kappa shape index (κ3) is 8.70. The molecule has 0 unspecified atom stereocenters. The molecule has 0 aromatic heterocycles. The summed E-state index contributed by atoms with van der Waals surface area (Å²) in [6.07, 6.45) is 1.95. The first-order valence-corrected chi connectivity index (χ1v) is 16.1. The lowest BCUT2D eigenvalue weighted by Gasteiger charge is -2.34. The van der Waals surface area contributed by atoms with Gasteiger partial charge in [-0.1, -0.05) is 78.7 Å². The minimum absolute atomic E-state index is 0.0339. The number of hydrogen-bond donors (Lipinski definition) is 1. The number of amides is 2. The van der Waals surface area contributed by atoms with Gasteiger partial charge in [-0.2, -0.15) is 0 Å². The lowest BCUT2D eigenvalue weighted by molar-refractivity contribution is -0.140. The Morgan fingerprint density at radius 3 is 2.25 bits per heavy atom. The van der Waals surface area contributed by atoms with Crippen molar-refractivity contribution in [2.75, 3.05) is 17.1 Å². The third-order valence-corrected chi connectivity index (χ3v) is 8.81. The Morgan fingerprint density at radius 2 is 1.65 bits per heavy atom. The molecular weight excluding hydrogens is 637 g/mol. The molecule has 1 N–H and O–H groups in total. The van der Waals surface area contributed by atoms with Gasteiger partial charge in [-0.15, -0.1) is 0 Å². The Bertz CT molecular complexity index is 1440. The van der Waals surface area contributed by atoms with Crippen LogP contribution >= 0.6 is 39.1 Å². The number of carbonyl (C=O) groups is 2. The summed E-state index contributed by atoms with van der Waals surface area (Å²) in [6.45, 7) is 3.29. The van der Waals surface area contributed by atoms with Gasteiger partial charge < -0.3 is 10.2 Å². The molecule has 0 aliphatic heterocycles. The normalized spacial score (nSPS) is 12.8. The fraction of sp³-hybridized carbons (Fsp3) is 0.310. The van der Waals surface area contributed by atoms with Crippen LogP contribution < -0.4 is 9.62 Å². The Labute approximate surface area is 254 Å². The zero-order valence-corrected chi connectivity index (χ0v) is 26.4. The molecule has 0 aliphatic rings. The highest BCUT2D eigenvalue weighted by Gasteiger charge is 2.34. The summed E-state index contributed by atoms with van der Waals surface area (Å²) in [5.41, 5.74) is 1.73. The van der Waals surface area contributed by atoms with Crippen LogP contribution in [0.1, 0.15) is 31.4 Å². The van der Waals surface area contributed by atoms with Gasteiger partial charge in [0.1, 0.15) is 12.6 Å². The van der Waals surface area contributed by atoms with Gasteiger partial charge in [0.15, 0.2) is 0 Å². The minimum atomic E-state index is -3.87. The van der Waals surface area contributed by atoms with Crippen LogP contribution in [0.2, 0.25) is 10.0 Å². The van der Waals surface area contributed by atoms with E-state index in [0.717, 1.165) is 16.1 Å². The maximum absolute atomic E-state index is 14.1. The van der Waals surface area contributed by atoms with Gasteiger partial charge in [0.2, 0.25) is 21.8 Å². The van der Waals surface area contributed by atoms with Crippen LogP contribution in [-0.4, -0.2) is 50.0 Å². The van der Waals surface area contributed by atoms with E-state index in [2.05, 4.69) is 21.2 Å². The zero-order valence-electron chi connectivity index (χ0n) is 22.5. The van der Waals surface area contributed by atoms with E-state index in [1.54, 1.807) is 42.5 Å². The molecule has 7 nitrogen and oxygen atoms in total. The molecule has 214 valence electrons. The fourth-order valence-electron chi connectivity index (χ4n) is 4.08. The van der Waals surface area contributed by atoms with Gasteiger partial charge in [0.05, 0.1) is 11.9 Å². The number of benzene rings is 3. The summed E-state index contributed by atoms with van der Waals surface area (Å²) in [5.74, 6) is -0.907. The molecule has 3 rings (SSSR count). The number of anilines is 1. The smallest absolute Gasteiger partial charge is 0.244 e. The molecule has 0 radical (unpaired) electrons. The van der Waals surface area contributed by atoms with Gasteiger partial charge >= 0.3 is 0 Å². The van der Waals surface area contributed by atoms with Crippen molar-refractivity contribution in [1.29, 1.82) is 0 Å². The first kappa shape index (κ1) is 31.9. The Kier molecular flexibility index (Phi) is 11.5. The maximum atomic E-state index is 14.1. The monoisotopic (exact) mass is 667 g/mol. The summed E-state index contributed by atoms with van der Waals surface area (Å²) in [5, 5.41) is 3.75. The van der Waals surface area contributed by atoms with Crippen molar-refractivity contribution in [1.82, 2.24) is 10.2 Å². The van der Waals surface area contributed by atoms with E-state index >= 15 is 0 Å². The van der Waals surface area contributed by atoms with Crippen molar-refractivity contribution in [3.05, 3.63) is 98.4 Å². The second-order valence-corrected chi connectivity index (χ2v) is 13.1. The highest BCUT2D eigenvalue weighted by molar-refractivity contribution is 9.10. The molecule has 0 bridgehead atoms. The summed E-state index contributed by atoms with van der Waals surface area (Å²) in [7, 11) is -3.87. The molecule has 0 spiro atoms. The number of halogens is 3. The number of sulfonamides is 1. The number of carbonyl (C=O) groups excluding carboxylic acids is 2. The first-order valence-electron chi connectivity index (χ1n) is 12.7. The van der Waals surface area contributed by atoms with Crippen molar-refractivity contribution >= 4 is 66.7 Å². The second-order valence-electron chi connectivity index (χ2n) is 9.50.